The Balaban J connectivity index is 1.62. The van der Waals surface area contributed by atoms with Crippen molar-refractivity contribution in [3.05, 3.63) is 76.6 Å². The number of aromatic amines is 1. The van der Waals surface area contributed by atoms with Gasteiger partial charge >= 0.3 is 0 Å². The minimum Gasteiger partial charge on any atom is -0.366 e. The monoisotopic (exact) mass is 412 g/mol. The first kappa shape index (κ1) is 19.3. The second kappa shape index (κ2) is 7.85. The van der Waals surface area contributed by atoms with E-state index in [-0.39, 0.29) is 0 Å². The van der Waals surface area contributed by atoms with Crippen molar-refractivity contribution in [1.29, 1.82) is 0 Å². The van der Waals surface area contributed by atoms with Gasteiger partial charge in [0.2, 0.25) is 0 Å². The molecule has 1 aliphatic rings. The number of benzene rings is 2. The van der Waals surface area contributed by atoms with Crippen molar-refractivity contribution < 1.29 is 4.79 Å². The summed E-state index contributed by atoms with van der Waals surface area (Å²) in [6.07, 6.45) is 0.846. The molecule has 4 aromatic rings. The predicted octanol–water partition coefficient (Wildman–Crippen LogP) is 3.29. The van der Waals surface area contributed by atoms with Crippen molar-refractivity contribution in [2.45, 2.75) is 26.4 Å². The van der Waals surface area contributed by atoms with Crippen molar-refractivity contribution in [3.8, 4) is 11.4 Å². The van der Waals surface area contributed by atoms with Gasteiger partial charge in [0.15, 0.2) is 5.82 Å². The topological polar surface area (TPSA) is 109 Å². The van der Waals surface area contributed by atoms with E-state index in [0.717, 1.165) is 58.7 Å². The van der Waals surface area contributed by atoms with Gasteiger partial charge in [-0.2, -0.15) is 0 Å². The first-order chi connectivity index (χ1) is 15.1. The molecule has 2 aromatic carbocycles. The maximum atomic E-state index is 11.9. The van der Waals surface area contributed by atoms with Gasteiger partial charge in [-0.05, 0) is 18.6 Å². The molecule has 7 nitrogen and oxygen atoms in total. The van der Waals surface area contributed by atoms with E-state index in [1.807, 2.05) is 37.3 Å². The van der Waals surface area contributed by atoms with Gasteiger partial charge in [0.1, 0.15) is 5.82 Å². The molecule has 5 N–H and O–H groups in total. The molecule has 0 atom stereocenters. The lowest BCUT2D eigenvalue weighted by molar-refractivity contribution is 0.100. The lowest BCUT2D eigenvalue weighted by atomic mass is 10.0. The zero-order chi connectivity index (χ0) is 21.4. The Morgan fingerprint density at radius 1 is 1.13 bits per heavy atom. The number of aromatic nitrogens is 3. The molecule has 5 rings (SSSR count). The van der Waals surface area contributed by atoms with Gasteiger partial charge in [0.05, 0.1) is 16.8 Å². The number of nitrogens with one attached hydrogen (secondary N) is 3. The van der Waals surface area contributed by atoms with Crippen LogP contribution in [-0.2, 0) is 19.5 Å². The van der Waals surface area contributed by atoms with E-state index < -0.39 is 5.91 Å². The van der Waals surface area contributed by atoms with Crippen LogP contribution < -0.4 is 16.4 Å². The van der Waals surface area contributed by atoms with Crippen LogP contribution in [-0.4, -0.2) is 27.4 Å². The number of para-hydroxylation sites is 1. The first-order valence-corrected chi connectivity index (χ1v) is 10.4. The SMILES string of the molecule is Cc1[nH]c2c(C(N)=O)cccc2c1-c1nc2c(c(NCc3ccccc3)n1)CNCC2. The molecule has 0 spiro atoms. The number of nitrogens with zero attached hydrogens (tertiary/aromatic N) is 2. The second-order valence-corrected chi connectivity index (χ2v) is 7.80. The fourth-order valence-corrected chi connectivity index (χ4v) is 4.22. The third-order valence-electron chi connectivity index (χ3n) is 5.75. The average Bonchev–Trinajstić information content (AvgIpc) is 3.13. The lowest BCUT2D eigenvalue weighted by Crippen LogP contribution is -2.26. The highest BCUT2D eigenvalue weighted by atomic mass is 16.1. The number of carbonyl (C=O) groups is 1. The molecule has 1 amide bonds. The highest BCUT2D eigenvalue weighted by molar-refractivity contribution is 6.09. The molecule has 0 bridgehead atoms. The number of primary amides is 1. The molecule has 0 aliphatic carbocycles. The smallest absolute Gasteiger partial charge is 0.250 e. The van der Waals surface area contributed by atoms with Crippen LogP contribution in [0.5, 0.6) is 0 Å². The fraction of sp³-hybridized carbons (Fsp3) is 0.208. The summed E-state index contributed by atoms with van der Waals surface area (Å²) in [6, 6.07) is 15.8. The molecule has 3 heterocycles. The predicted molar refractivity (Wildman–Crippen MR) is 122 cm³/mol. The van der Waals surface area contributed by atoms with Crippen molar-refractivity contribution in [3.63, 3.8) is 0 Å². The second-order valence-electron chi connectivity index (χ2n) is 7.80. The summed E-state index contributed by atoms with van der Waals surface area (Å²) in [7, 11) is 0. The van der Waals surface area contributed by atoms with E-state index in [2.05, 4.69) is 27.8 Å². The summed E-state index contributed by atoms with van der Waals surface area (Å²) in [6.45, 7) is 4.29. The zero-order valence-corrected chi connectivity index (χ0v) is 17.3. The minimum absolute atomic E-state index is 0.457. The lowest BCUT2D eigenvalue weighted by Gasteiger charge is -2.21. The molecule has 0 radical (unpaired) electrons. The molecule has 7 heteroatoms. The Bertz CT molecular complexity index is 1280. The third-order valence-corrected chi connectivity index (χ3v) is 5.75. The summed E-state index contributed by atoms with van der Waals surface area (Å²) in [4.78, 5) is 25.1. The van der Waals surface area contributed by atoms with Crippen LogP contribution in [0.4, 0.5) is 5.82 Å². The normalized spacial score (nSPS) is 13.2. The Kier molecular flexibility index (Phi) is 4.88. The van der Waals surface area contributed by atoms with Crippen molar-refractivity contribution in [1.82, 2.24) is 20.3 Å². The summed E-state index contributed by atoms with van der Waals surface area (Å²) in [5.41, 5.74) is 11.9. The van der Waals surface area contributed by atoms with E-state index in [4.69, 9.17) is 15.7 Å². The van der Waals surface area contributed by atoms with E-state index in [1.54, 1.807) is 6.07 Å². The van der Waals surface area contributed by atoms with Crippen LogP contribution in [0.25, 0.3) is 22.3 Å². The zero-order valence-electron chi connectivity index (χ0n) is 17.3. The number of carbonyl (C=O) groups excluding carboxylic acids is 1. The van der Waals surface area contributed by atoms with E-state index >= 15 is 0 Å². The van der Waals surface area contributed by atoms with Crippen LogP contribution in [0.15, 0.2) is 48.5 Å². The number of anilines is 1. The Hall–Kier alpha value is -3.71. The quantitative estimate of drug-likeness (QED) is 0.402. The largest absolute Gasteiger partial charge is 0.366 e. The molecule has 31 heavy (non-hydrogen) atoms. The van der Waals surface area contributed by atoms with Gasteiger partial charge in [-0.1, -0.05) is 42.5 Å². The number of H-pyrrole nitrogens is 1. The number of nitrogens with two attached hydrogens (primary N) is 1. The van der Waals surface area contributed by atoms with E-state index in [9.17, 15) is 4.79 Å². The van der Waals surface area contributed by atoms with Gasteiger partial charge in [0, 0.05) is 48.3 Å². The molecular formula is C24H24N6O. The van der Waals surface area contributed by atoms with Crippen LogP contribution in [0.1, 0.15) is 32.9 Å². The molecule has 0 saturated carbocycles. The summed E-state index contributed by atoms with van der Waals surface area (Å²) >= 11 is 0. The van der Waals surface area contributed by atoms with Crippen molar-refractivity contribution in [2.75, 3.05) is 11.9 Å². The van der Waals surface area contributed by atoms with E-state index in [0.29, 0.717) is 17.9 Å². The van der Waals surface area contributed by atoms with Gasteiger partial charge in [-0.25, -0.2) is 9.97 Å². The maximum absolute atomic E-state index is 11.9. The summed E-state index contributed by atoms with van der Waals surface area (Å²) in [5.74, 6) is 1.04. The number of hydrogen-bond donors (Lipinski definition) is 4. The van der Waals surface area contributed by atoms with Crippen LogP contribution in [0.3, 0.4) is 0 Å². The molecule has 1 aliphatic heterocycles. The molecule has 0 fully saturated rings. The number of hydrogen-bond acceptors (Lipinski definition) is 5. The van der Waals surface area contributed by atoms with Crippen LogP contribution in [0, 0.1) is 6.92 Å². The molecule has 156 valence electrons. The number of fused-ring (bicyclic) bond motifs is 2. The fourth-order valence-electron chi connectivity index (χ4n) is 4.22. The molecule has 0 unspecified atom stereocenters. The van der Waals surface area contributed by atoms with Crippen molar-refractivity contribution in [2.24, 2.45) is 5.73 Å². The minimum atomic E-state index is -0.457. The molecule has 0 saturated heterocycles. The number of amides is 1. The standard InChI is InChI=1S/C24H24N6O/c1-14-20(16-8-5-9-17(22(25)31)21(16)28-14)24-29-19-10-11-26-13-18(19)23(30-24)27-12-15-6-3-2-4-7-15/h2-9,26,28H,10-13H2,1H3,(H2,25,31)(H,27,29,30). The van der Waals surface area contributed by atoms with E-state index in [1.165, 1.54) is 5.56 Å². The number of rotatable bonds is 5. The van der Waals surface area contributed by atoms with Crippen LogP contribution >= 0.6 is 0 Å². The Morgan fingerprint density at radius 2 is 1.97 bits per heavy atom. The van der Waals surface area contributed by atoms with Gasteiger partial charge in [-0.3, -0.25) is 4.79 Å². The van der Waals surface area contributed by atoms with Gasteiger partial charge in [0.25, 0.3) is 5.91 Å². The first-order valence-electron chi connectivity index (χ1n) is 10.4. The Labute approximate surface area is 180 Å². The highest BCUT2D eigenvalue weighted by Gasteiger charge is 2.22. The van der Waals surface area contributed by atoms with Gasteiger partial charge in [-0.15, -0.1) is 0 Å². The Morgan fingerprint density at radius 3 is 2.77 bits per heavy atom. The average molecular weight is 412 g/mol. The summed E-state index contributed by atoms with van der Waals surface area (Å²) < 4.78 is 0. The molecule has 2 aromatic heterocycles. The molecular weight excluding hydrogens is 388 g/mol. The highest BCUT2D eigenvalue weighted by Crippen LogP contribution is 2.34. The summed E-state index contributed by atoms with van der Waals surface area (Å²) in [5, 5.41) is 7.83. The van der Waals surface area contributed by atoms with Gasteiger partial charge < -0.3 is 21.4 Å². The maximum Gasteiger partial charge on any atom is 0.250 e. The van der Waals surface area contributed by atoms with Crippen LogP contribution in [0.2, 0.25) is 0 Å². The van der Waals surface area contributed by atoms with Crippen molar-refractivity contribution >= 4 is 22.6 Å². The third kappa shape index (κ3) is 3.53. The number of aryl methyl sites for hydroxylation is 1.